The summed E-state index contributed by atoms with van der Waals surface area (Å²) in [7, 11) is -3.91. The average molecular weight is 301 g/mol. The summed E-state index contributed by atoms with van der Waals surface area (Å²) in [5, 5.41) is 14.0. The second kappa shape index (κ2) is 6.78. The van der Waals surface area contributed by atoms with E-state index in [0.717, 1.165) is 0 Å². The van der Waals surface area contributed by atoms with Gasteiger partial charge in [0, 0.05) is 18.7 Å². The highest BCUT2D eigenvalue weighted by Crippen LogP contribution is 2.26. The fraction of sp³-hybridized carbons (Fsp3) is 0.500. The molecule has 0 heterocycles. The number of hydrogen-bond donors (Lipinski definition) is 2. The maximum atomic E-state index is 12.2. The van der Waals surface area contributed by atoms with E-state index in [1.54, 1.807) is 0 Å². The number of nitro groups is 1. The maximum absolute atomic E-state index is 12.2. The van der Waals surface area contributed by atoms with Gasteiger partial charge in [-0.1, -0.05) is 19.1 Å². The van der Waals surface area contributed by atoms with Gasteiger partial charge < -0.3 is 5.32 Å². The van der Waals surface area contributed by atoms with E-state index in [1.807, 2.05) is 13.8 Å². The number of hydrogen-bond acceptors (Lipinski definition) is 5. The van der Waals surface area contributed by atoms with Crippen molar-refractivity contribution in [3.8, 4) is 0 Å². The third kappa shape index (κ3) is 3.99. The van der Waals surface area contributed by atoms with Crippen LogP contribution >= 0.6 is 0 Å². The molecule has 1 atom stereocenters. The molecule has 112 valence electrons. The molecule has 1 aromatic carbocycles. The van der Waals surface area contributed by atoms with Crippen molar-refractivity contribution in [1.29, 1.82) is 0 Å². The molecule has 0 aliphatic carbocycles. The van der Waals surface area contributed by atoms with Gasteiger partial charge in [0.25, 0.3) is 5.69 Å². The van der Waals surface area contributed by atoms with Crippen LogP contribution < -0.4 is 10.0 Å². The molecule has 2 N–H and O–H groups in total. The van der Waals surface area contributed by atoms with Crippen molar-refractivity contribution in [3.05, 3.63) is 33.9 Å². The zero-order chi connectivity index (χ0) is 15.3. The number of nitrogens with zero attached hydrogens (tertiary/aromatic N) is 1. The second-order valence-electron chi connectivity index (χ2n) is 4.49. The zero-order valence-electron chi connectivity index (χ0n) is 11.7. The quantitative estimate of drug-likeness (QED) is 0.581. The molecular formula is C12H19N3O4S. The van der Waals surface area contributed by atoms with E-state index >= 15 is 0 Å². The van der Waals surface area contributed by atoms with Crippen molar-refractivity contribution in [3.63, 3.8) is 0 Å². The molecule has 7 nitrogen and oxygen atoms in total. The van der Waals surface area contributed by atoms with Crippen LogP contribution in [-0.2, 0) is 10.0 Å². The predicted octanol–water partition coefficient (Wildman–Crippen LogP) is 1.18. The van der Waals surface area contributed by atoms with E-state index in [2.05, 4.69) is 10.0 Å². The van der Waals surface area contributed by atoms with Crippen LogP contribution in [0.3, 0.4) is 0 Å². The molecule has 0 unspecified atom stereocenters. The monoisotopic (exact) mass is 301 g/mol. The van der Waals surface area contributed by atoms with Gasteiger partial charge in [0.1, 0.15) is 0 Å². The predicted molar refractivity (Wildman–Crippen MR) is 76.2 cm³/mol. The van der Waals surface area contributed by atoms with Crippen molar-refractivity contribution < 1.29 is 13.3 Å². The summed E-state index contributed by atoms with van der Waals surface area (Å²) in [5.74, 6) is 0. The Morgan fingerprint density at radius 3 is 2.60 bits per heavy atom. The van der Waals surface area contributed by atoms with Gasteiger partial charge in [0.05, 0.1) is 4.92 Å². The molecule has 0 aliphatic heterocycles. The summed E-state index contributed by atoms with van der Waals surface area (Å²) in [6, 6.07) is 4.14. The minimum absolute atomic E-state index is 0.0575. The number of nitro benzene ring substituents is 1. The second-order valence-corrected chi connectivity index (χ2v) is 6.19. The first kappa shape index (κ1) is 16.5. The molecule has 1 aromatic rings. The van der Waals surface area contributed by atoms with Crippen LogP contribution in [0.1, 0.15) is 19.4 Å². The summed E-state index contributed by atoms with van der Waals surface area (Å²) < 4.78 is 26.9. The molecule has 0 aromatic heterocycles. The van der Waals surface area contributed by atoms with Crippen LogP contribution in [0.4, 0.5) is 5.69 Å². The Hall–Kier alpha value is -1.51. The number of rotatable bonds is 7. The Balaban J connectivity index is 3.07. The minimum Gasteiger partial charge on any atom is -0.313 e. The van der Waals surface area contributed by atoms with Crippen molar-refractivity contribution in [2.45, 2.75) is 31.7 Å². The first-order valence-corrected chi connectivity index (χ1v) is 7.75. The number of sulfonamides is 1. The third-order valence-electron chi connectivity index (χ3n) is 2.79. The largest absolute Gasteiger partial charge is 0.313 e. The smallest absolute Gasteiger partial charge is 0.289 e. The van der Waals surface area contributed by atoms with E-state index in [1.165, 1.54) is 25.1 Å². The number of aryl methyl sites for hydroxylation is 1. The van der Waals surface area contributed by atoms with Gasteiger partial charge in [0.15, 0.2) is 4.90 Å². The molecule has 20 heavy (non-hydrogen) atoms. The van der Waals surface area contributed by atoms with Gasteiger partial charge in [-0.15, -0.1) is 0 Å². The maximum Gasteiger partial charge on any atom is 0.289 e. The zero-order valence-corrected chi connectivity index (χ0v) is 12.5. The van der Waals surface area contributed by atoms with E-state index in [0.29, 0.717) is 12.1 Å². The highest BCUT2D eigenvalue weighted by atomic mass is 32.2. The number of benzene rings is 1. The van der Waals surface area contributed by atoms with Crippen LogP contribution in [0.2, 0.25) is 0 Å². The lowest BCUT2D eigenvalue weighted by Gasteiger charge is -2.14. The molecule has 0 saturated heterocycles. The Bertz CT molecular complexity index is 586. The van der Waals surface area contributed by atoms with Gasteiger partial charge in [-0.05, 0) is 26.0 Å². The molecule has 0 amide bonds. The minimum atomic E-state index is -3.91. The lowest BCUT2D eigenvalue weighted by atomic mass is 10.2. The lowest BCUT2D eigenvalue weighted by molar-refractivity contribution is -0.387. The molecule has 1 rings (SSSR count). The van der Waals surface area contributed by atoms with Crippen molar-refractivity contribution in [2.75, 3.05) is 13.1 Å². The van der Waals surface area contributed by atoms with Gasteiger partial charge in [-0.25, -0.2) is 13.1 Å². The molecule has 0 radical (unpaired) electrons. The Labute approximate surface area is 118 Å². The van der Waals surface area contributed by atoms with E-state index in [-0.39, 0.29) is 17.5 Å². The van der Waals surface area contributed by atoms with Crippen molar-refractivity contribution in [1.82, 2.24) is 10.0 Å². The Kier molecular flexibility index (Phi) is 5.61. The molecule has 0 spiro atoms. The SMILES string of the molecule is CCN[C@H](C)CNS(=O)(=O)c1c(C)cccc1[N+](=O)[O-]. The van der Waals surface area contributed by atoms with Gasteiger partial charge in [-0.3, -0.25) is 10.1 Å². The summed E-state index contributed by atoms with van der Waals surface area (Å²) >= 11 is 0. The van der Waals surface area contributed by atoms with E-state index in [4.69, 9.17) is 0 Å². The van der Waals surface area contributed by atoms with E-state index < -0.39 is 20.6 Å². The molecule has 0 aliphatic rings. The lowest BCUT2D eigenvalue weighted by Crippen LogP contribution is -2.39. The Morgan fingerprint density at radius 2 is 2.05 bits per heavy atom. The van der Waals surface area contributed by atoms with Gasteiger partial charge in [-0.2, -0.15) is 0 Å². The molecule has 0 fully saturated rings. The fourth-order valence-corrected chi connectivity index (χ4v) is 3.38. The average Bonchev–Trinajstić information content (AvgIpc) is 2.36. The summed E-state index contributed by atoms with van der Waals surface area (Å²) in [4.78, 5) is 10.0. The standard InChI is InChI=1S/C12H19N3O4S/c1-4-13-10(3)8-14-20(18,19)12-9(2)6-5-7-11(12)15(16)17/h5-7,10,13-14H,4,8H2,1-3H3/t10-/m1/s1. The first-order valence-electron chi connectivity index (χ1n) is 6.26. The van der Waals surface area contributed by atoms with Crippen LogP contribution in [0.5, 0.6) is 0 Å². The first-order chi connectivity index (χ1) is 9.29. The molecular weight excluding hydrogens is 282 g/mol. The summed E-state index contributed by atoms with van der Waals surface area (Å²) in [6.07, 6.45) is 0. The normalized spacial score (nSPS) is 13.2. The van der Waals surface area contributed by atoms with Crippen LogP contribution in [-0.4, -0.2) is 32.5 Å². The summed E-state index contributed by atoms with van der Waals surface area (Å²) in [5.41, 5.74) is -0.0589. The number of likely N-dealkylation sites (N-methyl/N-ethyl adjacent to an activating group) is 1. The molecule has 0 bridgehead atoms. The molecule has 8 heteroatoms. The highest BCUT2D eigenvalue weighted by Gasteiger charge is 2.27. The van der Waals surface area contributed by atoms with Crippen molar-refractivity contribution >= 4 is 15.7 Å². The Morgan fingerprint density at radius 1 is 1.40 bits per heavy atom. The van der Waals surface area contributed by atoms with Gasteiger partial charge >= 0.3 is 0 Å². The van der Waals surface area contributed by atoms with Crippen LogP contribution in [0.25, 0.3) is 0 Å². The highest BCUT2D eigenvalue weighted by molar-refractivity contribution is 7.89. The van der Waals surface area contributed by atoms with Crippen LogP contribution in [0, 0.1) is 17.0 Å². The fourth-order valence-electron chi connectivity index (χ4n) is 1.86. The van der Waals surface area contributed by atoms with Crippen molar-refractivity contribution in [2.24, 2.45) is 0 Å². The number of nitrogens with one attached hydrogen (secondary N) is 2. The van der Waals surface area contributed by atoms with E-state index in [9.17, 15) is 18.5 Å². The van der Waals surface area contributed by atoms with Crippen LogP contribution in [0.15, 0.2) is 23.1 Å². The van der Waals surface area contributed by atoms with Gasteiger partial charge in [0.2, 0.25) is 10.0 Å². The third-order valence-corrected chi connectivity index (χ3v) is 4.40. The topological polar surface area (TPSA) is 101 Å². The summed E-state index contributed by atoms with van der Waals surface area (Å²) in [6.45, 7) is 6.17. The molecule has 0 saturated carbocycles.